The Morgan fingerprint density at radius 2 is 1.31 bits per heavy atom. The van der Waals surface area contributed by atoms with Gasteiger partial charge < -0.3 is 34.9 Å². The molecule has 0 saturated carbocycles. The van der Waals surface area contributed by atoms with Crippen molar-refractivity contribution >= 4 is 67.9 Å². The van der Waals surface area contributed by atoms with Crippen molar-refractivity contribution in [3.63, 3.8) is 0 Å². The Morgan fingerprint density at radius 1 is 0.818 bits per heavy atom. The van der Waals surface area contributed by atoms with Crippen LogP contribution in [0.15, 0.2) is 36.9 Å². The Labute approximate surface area is 341 Å². The van der Waals surface area contributed by atoms with Crippen molar-refractivity contribution in [3.8, 4) is 0 Å². The minimum Gasteiger partial charge on any atom is -0.460 e. The van der Waals surface area contributed by atoms with E-state index in [2.05, 4.69) is 131 Å². The van der Waals surface area contributed by atoms with Crippen LogP contribution >= 0.6 is 22.6 Å². The maximum atomic E-state index is 11.8. The number of hydrogen-bond acceptors (Lipinski definition) is 12. The Bertz CT molecular complexity index is 1940. The molecule has 6 rings (SSSR count). The number of hydrogen-bond donors (Lipinski definition) is 3. The monoisotopic (exact) mass is 910 g/mol. The standard InChI is InChI=1S/C19H32N4O3Si.C13H26O3Si.C6H5IN4/c1-8-14-12(2)16(26-27(6,7)18(3,4)5)19(24,25-14)15-10-9-13-17(20)21-11-22-23(13)15;1-8-10-9(2)11(12(14)15-10)16-17(6,7)13(3,4)5;7-5-2-1-4-6(8)9-3-10-11(4)5/h9-12,14,16,24H,8H2,1-7H3,(H2,20,21,22);9-11H,8H2,1-7H3;1-3H,(H2,8,9,10)/t12-,14-,16-,19?;9-,10-,11-;/m11./s1. The van der Waals surface area contributed by atoms with Crippen LogP contribution in [0.5, 0.6) is 0 Å². The van der Waals surface area contributed by atoms with Gasteiger partial charge >= 0.3 is 5.97 Å². The van der Waals surface area contributed by atoms with Gasteiger partial charge in [-0.05, 0) is 96.0 Å². The van der Waals surface area contributed by atoms with E-state index in [0.29, 0.717) is 22.8 Å². The van der Waals surface area contributed by atoms with Gasteiger partial charge in [0.1, 0.15) is 51.4 Å². The number of cyclic esters (lactones) is 1. The maximum Gasteiger partial charge on any atom is 0.334 e. The Kier molecular flexibility index (Phi) is 13.6. The summed E-state index contributed by atoms with van der Waals surface area (Å²) in [6.07, 6.45) is 3.56. The molecule has 2 saturated heterocycles. The number of carbonyl (C=O) groups is 1. The van der Waals surface area contributed by atoms with Gasteiger partial charge in [0.15, 0.2) is 28.3 Å². The summed E-state index contributed by atoms with van der Waals surface area (Å²) in [6, 6.07) is 7.45. The Hall–Kier alpha value is -2.69. The largest absolute Gasteiger partial charge is 0.460 e. The predicted octanol–water partition coefficient (Wildman–Crippen LogP) is 7.56. The number of aromatic nitrogens is 6. The number of carbonyl (C=O) groups excluding carboxylic acids is 1. The molecule has 55 heavy (non-hydrogen) atoms. The summed E-state index contributed by atoms with van der Waals surface area (Å²) in [5.74, 6) is -0.680. The number of fused-ring (bicyclic) bond motifs is 2. The molecule has 4 aromatic heterocycles. The Morgan fingerprint density at radius 3 is 1.80 bits per heavy atom. The lowest BCUT2D eigenvalue weighted by atomic mass is 9.94. The quantitative estimate of drug-likeness (QED) is 0.0941. The highest BCUT2D eigenvalue weighted by atomic mass is 127. The molecule has 0 amide bonds. The number of nitrogens with two attached hydrogens (primary N) is 2. The summed E-state index contributed by atoms with van der Waals surface area (Å²) in [5, 5.41) is 20.2. The van der Waals surface area contributed by atoms with E-state index in [0.717, 1.165) is 22.1 Å². The van der Waals surface area contributed by atoms with Crippen LogP contribution < -0.4 is 11.5 Å². The fourth-order valence-corrected chi connectivity index (χ4v) is 9.51. The number of rotatable bonds is 7. The van der Waals surface area contributed by atoms with Crippen molar-refractivity contribution in [3.05, 3.63) is 46.3 Å². The van der Waals surface area contributed by atoms with Crippen molar-refractivity contribution in [2.24, 2.45) is 11.8 Å². The second-order valence-corrected chi connectivity index (χ2v) is 28.3. The van der Waals surface area contributed by atoms with Crippen LogP contribution in [0.1, 0.15) is 87.8 Å². The molecule has 0 spiro atoms. The summed E-state index contributed by atoms with van der Waals surface area (Å²) in [4.78, 5) is 19.7. The molecule has 0 bridgehead atoms. The molecule has 14 nitrogen and oxygen atoms in total. The Balaban J connectivity index is 0.000000204. The van der Waals surface area contributed by atoms with Crippen LogP contribution in [0.2, 0.25) is 36.3 Å². The summed E-state index contributed by atoms with van der Waals surface area (Å²) >= 11 is 2.19. The summed E-state index contributed by atoms with van der Waals surface area (Å²) in [6.45, 7) is 30.1. The van der Waals surface area contributed by atoms with Crippen LogP contribution in [-0.4, -0.2) is 81.3 Å². The van der Waals surface area contributed by atoms with E-state index in [9.17, 15) is 9.90 Å². The van der Waals surface area contributed by atoms with Gasteiger partial charge in [-0.2, -0.15) is 10.2 Å². The first-order chi connectivity index (χ1) is 25.3. The van der Waals surface area contributed by atoms with Crippen LogP contribution in [0.4, 0.5) is 11.6 Å². The van der Waals surface area contributed by atoms with E-state index in [1.807, 2.05) is 19.1 Å². The molecule has 0 aliphatic carbocycles. The number of esters is 1. The molecular weight excluding hydrogens is 848 g/mol. The van der Waals surface area contributed by atoms with E-state index in [-0.39, 0.29) is 46.2 Å². The van der Waals surface area contributed by atoms with Crippen LogP contribution in [0.3, 0.4) is 0 Å². The molecule has 2 aliphatic heterocycles. The molecule has 6 heterocycles. The first-order valence-electron chi connectivity index (χ1n) is 19.1. The smallest absolute Gasteiger partial charge is 0.334 e. The first kappa shape index (κ1) is 45.0. The third-order valence-electron chi connectivity index (χ3n) is 11.9. The second kappa shape index (κ2) is 16.7. The second-order valence-electron chi connectivity index (χ2n) is 17.7. The maximum absolute atomic E-state index is 11.8. The van der Waals surface area contributed by atoms with Gasteiger partial charge in [-0.25, -0.2) is 23.8 Å². The van der Waals surface area contributed by atoms with Gasteiger partial charge in [0.2, 0.25) is 5.79 Å². The van der Waals surface area contributed by atoms with E-state index >= 15 is 0 Å². The third kappa shape index (κ3) is 9.22. The van der Waals surface area contributed by atoms with Crippen molar-refractivity contribution < 1.29 is 28.2 Å². The minimum atomic E-state index is -2.14. The molecule has 4 aromatic rings. The molecule has 7 atom stereocenters. The van der Waals surface area contributed by atoms with Gasteiger partial charge in [-0.1, -0.05) is 69.2 Å². The lowest BCUT2D eigenvalue weighted by Crippen LogP contribution is -2.51. The van der Waals surface area contributed by atoms with Crippen molar-refractivity contribution in [2.75, 3.05) is 11.5 Å². The third-order valence-corrected chi connectivity index (χ3v) is 21.6. The average Bonchev–Trinajstić information content (AvgIpc) is 3.83. The molecule has 5 N–H and O–H groups in total. The van der Waals surface area contributed by atoms with Crippen molar-refractivity contribution in [2.45, 2.75) is 149 Å². The first-order valence-corrected chi connectivity index (χ1v) is 26.0. The lowest BCUT2D eigenvalue weighted by Gasteiger charge is -2.42. The molecule has 2 fully saturated rings. The number of ether oxygens (including phenoxy) is 2. The number of nitrogen functional groups attached to an aromatic ring is 2. The average molecular weight is 911 g/mol. The number of nitrogens with zero attached hydrogens (tertiary/aromatic N) is 6. The molecule has 0 radical (unpaired) electrons. The summed E-state index contributed by atoms with van der Waals surface area (Å²) in [7, 11) is -4.04. The molecule has 1 unspecified atom stereocenters. The van der Waals surface area contributed by atoms with Gasteiger partial charge in [0, 0.05) is 11.8 Å². The van der Waals surface area contributed by atoms with Crippen LogP contribution in [0.25, 0.3) is 11.0 Å². The van der Waals surface area contributed by atoms with Gasteiger partial charge in [-0.3, -0.25) is 0 Å². The zero-order valence-electron chi connectivity index (χ0n) is 35.0. The molecule has 306 valence electrons. The van der Waals surface area contributed by atoms with Crippen molar-refractivity contribution in [1.29, 1.82) is 0 Å². The molecular formula is C38H63IN8O6Si2. The van der Waals surface area contributed by atoms with E-state index in [4.69, 9.17) is 29.8 Å². The van der Waals surface area contributed by atoms with Gasteiger partial charge in [-0.15, -0.1) is 0 Å². The normalized spacial score (nSPS) is 26.1. The fourth-order valence-electron chi connectivity index (χ4n) is 6.28. The fraction of sp³-hybridized carbons (Fsp3) is 0.658. The number of halogens is 1. The lowest BCUT2D eigenvalue weighted by molar-refractivity contribution is -0.237. The van der Waals surface area contributed by atoms with Crippen LogP contribution in [0, 0.1) is 15.5 Å². The number of aliphatic hydroxyl groups is 1. The minimum absolute atomic E-state index is 0.0196. The van der Waals surface area contributed by atoms with Gasteiger partial charge in [0.25, 0.3) is 0 Å². The molecule has 2 aliphatic rings. The van der Waals surface area contributed by atoms with Crippen molar-refractivity contribution in [1.82, 2.24) is 29.2 Å². The molecule has 17 heteroatoms. The van der Waals surface area contributed by atoms with E-state index < -0.39 is 28.5 Å². The SMILES string of the molecule is CC[C@H]1OC(=O)[C@H](O[Si](C)(C)C(C)(C)C)[C@@H]1C.CC[C@H]1OC(O)(c2ccc3c(N)ncnn23)[C@H](O[Si](C)(C)C(C)(C)C)[C@@H]1C.Nc1ncnn2c(I)ccc12. The zero-order chi connectivity index (χ0) is 41.5. The highest BCUT2D eigenvalue weighted by molar-refractivity contribution is 14.1. The highest BCUT2D eigenvalue weighted by Gasteiger charge is 2.58. The predicted molar refractivity (Wildman–Crippen MR) is 229 cm³/mol. The highest BCUT2D eigenvalue weighted by Crippen LogP contribution is 2.48. The zero-order valence-corrected chi connectivity index (χ0v) is 39.2. The summed E-state index contributed by atoms with van der Waals surface area (Å²) < 4.78 is 28.8. The summed E-state index contributed by atoms with van der Waals surface area (Å²) in [5.41, 5.74) is 13.6. The van der Waals surface area contributed by atoms with Gasteiger partial charge in [0.05, 0.1) is 6.10 Å². The van der Waals surface area contributed by atoms with E-state index in [1.54, 1.807) is 21.2 Å². The number of anilines is 2. The molecule has 0 aromatic carbocycles. The van der Waals surface area contributed by atoms with E-state index in [1.165, 1.54) is 12.7 Å². The van der Waals surface area contributed by atoms with Crippen LogP contribution in [-0.2, 0) is 28.9 Å². The topological polar surface area (TPSA) is 187 Å².